The lowest BCUT2D eigenvalue weighted by Gasteiger charge is -2.32. The van der Waals surface area contributed by atoms with Crippen molar-refractivity contribution in [2.75, 3.05) is 50.2 Å². The summed E-state index contributed by atoms with van der Waals surface area (Å²) < 4.78 is 42.3. The maximum Gasteiger partial charge on any atom is 0.421 e. The first-order valence-electron chi connectivity index (χ1n) is 13.7. The topological polar surface area (TPSA) is 80.6 Å². The molecule has 216 valence electrons. The molecule has 3 aromatic rings. The van der Waals surface area contributed by atoms with Gasteiger partial charge in [0.15, 0.2) is 5.82 Å². The standard InChI is InChI=1S/C30H34F3N7O/c1-29(2,20-34)23-15-21(19-39-12-10-38(3)11-13-39)16-24(17-23)36-28-35-18-25(30(31,32)33)27(37-28)40-26(9-14-41-40)22-7-5-4-6-8-22/h4-8,15-18,26H,9-14,19H2,1-3H3,(H,35,36,37)/t26-/m0/s1. The molecule has 0 radical (unpaired) electrons. The van der Waals surface area contributed by atoms with Gasteiger partial charge in [0.1, 0.15) is 5.56 Å². The Hall–Kier alpha value is -3.72. The van der Waals surface area contributed by atoms with Gasteiger partial charge in [-0.15, -0.1) is 0 Å². The number of halogens is 3. The fourth-order valence-corrected chi connectivity index (χ4v) is 5.13. The van der Waals surface area contributed by atoms with Gasteiger partial charge in [-0.2, -0.15) is 23.4 Å². The van der Waals surface area contributed by atoms with Crippen LogP contribution in [0.5, 0.6) is 0 Å². The van der Waals surface area contributed by atoms with Crippen LogP contribution < -0.4 is 10.4 Å². The first-order chi connectivity index (χ1) is 19.5. The summed E-state index contributed by atoms with van der Waals surface area (Å²) >= 11 is 0. The van der Waals surface area contributed by atoms with Gasteiger partial charge < -0.3 is 10.2 Å². The van der Waals surface area contributed by atoms with Crippen molar-refractivity contribution in [3.8, 4) is 6.07 Å². The number of nitriles is 1. The lowest BCUT2D eigenvalue weighted by Crippen LogP contribution is -2.43. The van der Waals surface area contributed by atoms with Crippen LogP contribution in [0.4, 0.5) is 30.6 Å². The molecule has 1 aromatic heterocycles. The largest absolute Gasteiger partial charge is 0.421 e. The highest BCUT2D eigenvalue weighted by molar-refractivity contribution is 5.60. The third kappa shape index (κ3) is 6.62. The molecule has 1 atom stereocenters. The Kier molecular flexibility index (Phi) is 8.18. The van der Waals surface area contributed by atoms with Crippen LogP contribution in [0.25, 0.3) is 0 Å². The molecule has 0 aliphatic carbocycles. The van der Waals surface area contributed by atoms with Gasteiger partial charge in [-0.25, -0.2) is 10.0 Å². The van der Waals surface area contributed by atoms with Crippen LogP contribution in [0.1, 0.15) is 48.6 Å². The highest BCUT2D eigenvalue weighted by atomic mass is 19.4. The molecule has 8 nitrogen and oxygen atoms in total. The predicted octanol–water partition coefficient (Wildman–Crippen LogP) is 5.67. The van der Waals surface area contributed by atoms with Gasteiger partial charge in [-0.05, 0) is 49.7 Å². The van der Waals surface area contributed by atoms with Crippen LogP contribution in [-0.2, 0) is 23.0 Å². The zero-order valence-electron chi connectivity index (χ0n) is 23.4. The van der Waals surface area contributed by atoms with Gasteiger partial charge in [0.25, 0.3) is 0 Å². The molecule has 1 N–H and O–H groups in total. The third-order valence-electron chi connectivity index (χ3n) is 7.62. The molecular weight excluding hydrogens is 531 g/mol. The van der Waals surface area contributed by atoms with Gasteiger partial charge in [0.05, 0.1) is 24.1 Å². The second-order valence-corrected chi connectivity index (χ2v) is 11.2. The number of benzene rings is 2. The van der Waals surface area contributed by atoms with Crippen molar-refractivity contribution in [1.29, 1.82) is 5.26 Å². The maximum atomic E-state index is 14.1. The number of hydrogen-bond acceptors (Lipinski definition) is 8. The average molecular weight is 566 g/mol. The summed E-state index contributed by atoms with van der Waals surface area (Å²) in [6.07, 6.45) is -3.36. The van der Waals surface area contributed by atoms with Crippen molar-refractivity contribution in [2.24, 2.45) is 0 Å². The van der Waals surface area contributed by atoms with E-state index in [4.69, 9.17) is 4.84 Å². The van der Waals surface area contributed by atoms with Crippen LogP contribution >= 0.6 is 0 Å². The maximum absolute atomic E-state index is 14.1. The Bertz CT molecular complexity index is 1400. The number of rotatable bonds is 7. The number of alkyl halides is 3. The van der Waals surface area contributed by atoms with E-state index in [1.807, 2.05) is 62.4 Å². The number of hydroxylamine groups is 1. The first-order valence-corrected chi connectivity index (χ1v) is 13.7. The van der Waals surface area contributed by atoms with E-state index in [0.29, 0.717) is 18.7 Å². The van der Waals surface area contributed by atoms with Gasteiger partial charge in [-0.1, -0.05) is 36.4 Å². The molecular formula is C30H34F3N7O. The van der Waals surface area contributed by atoms with Crippen molar-refractivity contribution < 1.29 is 18.0 Å². The fourth-order valence-electron chi connectivity index (χ4n) is 5.13. The molecule has 2 saturated heterocycles. The predicted molar refractivity (Wildman–Crippen MR) is 150 cm³/mol. The van der Waals surface area contributed by atoms with Crippen molar-refractivity contribution in [2.45, 2.75) is 44.4 Å². The Labute approximate surface area is 238 Å². The van der Waals surface area contributed by atoms with Crippen molar-refractivity contribution in [3.63, 3.8) is 0 Å². The van der Waals surface area contributed by atoms with E-state index in [2.05, 4.69) is 38.2 Å². The fraction of sp³-hybridized carbons (Fsp3) is 0.433. The summed E-state index contributed by atoms with van der Waals surface area (Å²) in [6.45, 7) is 8.43. The minimum absolute atomic E-state index is 0.00720. The summed E-state index contributed by atoms with van der Waals surface area (Å²) in [7, 11) is 2.10. The van der Waals surface area contributed by atoms with E-state index >= 15 is 0 Å². The monoisotopic (exact) mass is 565 g/mol. The third-order valence-corrected chi connectivity index (χ3v) is 7.62. The minimum Gasteiger partial charge on any atom is -0.324 e. The molecule has 2 fully saturated rings. The summed E-state index contributed by atoms with van der Waals surface area (Å²) in [5, 5.41) is 14.2. The Morgan fingerprint density at radius 1 is 1.07 bits per heavy atom. The molecule has 0 amide bonds. The highest BCUT2D eigenvalue weighted by Gasteiger charge is 2.40. The van der Waals surface area contributed by atoms with Gasteiger partial charge in [0, 0.05) is 51.0 Å². The van der Waals surface area contributed by atoms with E-state index in [1.165, 1.54) is 5.06 Å². The average Bonchev–Trinajstić information content (AvgIpc) is 3.44. The van der Waals surface area contributed by atoms with E-state index < -0.39 is 23.2 Å². The number of hydrogen-bond donors (Lipinski definition) is 1. The van der Waals surface area contributed by atoms with Crippen molar-refractivity contribution in [3.05, 3.63) is 77.0 Å². The quantitative estimate of drug-likeness (QED) is 0.393. The second kappa shape index (κ2) is 11.6. The summed E-state index contributed by atoms with van der Waals surface area (Å²) in [6, 6.07) is 17.0. The molecule has 5 rings (SSSR count). The summed E-state index contributed by atoms with van der Waals surface area (Å²) in [4.78, 5) is 18.7. The molecule has 0 bridgehead atoms. The zero-order valence-corrected chi connectivity index (χ0v) is 23.4. The van der Waals surface area contributed by atoms with Gasteiger partial charge in [-0.3, -0.25) is 9.74 Å². The summed E-state index contributed by atoms with van der Waals surface area (Å²) in [5.74, 6) is -0.333. The minimum atomic E-state index is -4.67. The van der Waals surface area contributed by atoms with Crippen LogP contribution in [0.2, 0.25) is 0 Å². The van der Waals surface area contributed by atoms with Crippen LogP contribution in [0.3, 0.4) is 0 Å². The molecule has 2 aliphatic heterocycles. The number of nitrogens with zero attached hydrogens (tertiary/aromatic N) is 6. The van der Waals surface area contributed by atoms with Gasteiger partial charge in [0.2, 0.25) is 5.95 Å². The molecule has 0 saturated carbocycles. The van der Waals surface area contributed by atoms with Crippen molar-refractivity contribution >= 4 is 17.5 Å². The Balaban J connectivity index is 1.49. The summed E-state index contributed by atoms with van der Waals surface area (Å²) in [5.41, 5.74) is 1.49. The normalized spacial score (nSPS) is 18.9. The highest BCUT2D eigenvalue weighted by Crippen LogP contribution is 2.42. The smallest absolute Gasteiger partial charge is 0.324 e. The molecule has 0 spiro atoms. The van der Waals surface area contributed by atoms with E-state index in [9.17, 15) is 18.4 Å². The van der Waals surface area contributed by atoms with Crippen molar-refractivity contribution in [1.82, 2.24) is 19.8 Å². The number of piperazine rings is 1. The Morgan fingerprint density at radius 3 is 2.49 bits per heavy atom. The van der Waals surface area contributed by atoms with E-state index in [-0.39, 0.29) is 18.4 Å². The zero-order chi connectivity index (χ0) is 29.2. The molecule has 2 aromatic carbocycles. The molecule has 41 heavy (non-hydrogen) atoms. The number of anilines is 3. The lowest BCUT2D eigenvalue weighted by molar-refractivity contribution is -0.138. The molecule has 2 aliphatic rings. The number of aromatic nitrogens is 2. The SMILES string of the molecule is CN1CCN(Cc2cc(Nc3ncc(C(F)(F)F)c(N4OCC[C@H]4c4ccccc4)n3)cc(C(C)(C)C#N)c2)CC1. The van der Waals surface area contributed by atoms with Gasteiger partial charge >= 0.3 is 6.18 Å². The second-order valence-electron chi connectivity index (χ2n) is 11.2. The van der Waals surface area contributed by atoms with E-state index in [0.717, 1.165) is 49.1 Å². The first kappa shape index (κ1) is 28.8. The van der Waals surface area contributed by atoms with Crippen LogP contribution in [0, 0.1) is 11.3 Å². The molecule has 11 heteroatoms. The van der Waals surface area contributed by atoms with Crippen LogP contribution in [0.15, 0.2) is 54.7 Å². The number of likely N-dealkylation sites (N-methyl/N-ethyl adjacent to an activating group) is 1. The van der Waals surface area contributed by atoms with E-state index in [1.54, 1.807) is 0 Å². The molecule has 0 unspecified atom stereocenters. The molecule has 3 heterocycles. The number of nitrogens with one attached hydrogen (secondary N) is 1. The van der Waals surface area contributed by atoms with Crippen LogP contribution in [-0.4, -0.2) is 59.6 Å². The Morgan fingerprint density at radius 2 is 1.80 bits per heavy atom. The lowest BCUT2D eigenvalue weighted by atomic mass is 9.85.